The maximum absolute atomic E-state index is 15.2. The Morgan fingerprint density at radius 1 is 1.32 bits per heavy atom. The largest absolute Gasteiger partial charge is 0.477 e. The lowest BCUT2D eigenvalue weighted by atomic mass is 9.98. The summed E-state index contributed by atoms with van der Waals surface area (Å²) in [5, 5.41) is 18.6. The third-order valence-electron chi connectivity index (χ3n) is 5.07. The van der Waals surface area contributed by atoms with Gasteiger partial charge in [-0.1, -0.05) is 0 Å². The number of aliphatic hydroxyl groups excluding tert-OH is 1. The van der Waals surface area contributed by atoms with E-state index in [1.165, 1.54) is 9.47 Å². The molecule has 1 aliphatic carbocycles. The number of carbonyl (C=O) groups is 1. The Morgan fingerprint density at radius 3 is 2.52 bits per heavy atom. The van der Waals surface area contributed by atoms with Crippen LogP contribution in [0.2, 0.25) is 0 Å². The number of rotatable bonds is 3. The van der Waals surface area contributed by atoms with Crippen molar-refractivity contribution in [3.63, 3.8) is 0 Å². The minimum atomic E-state index is -1.43. The van der Waals surface area contributed by atoms with Crippen molar-refractivity contribution in [2.24, 2.45) is 0 Å². The molecule has 0 spiro atoms. The maximum Gasteiger partial charge on any atom is 0.341 e. The Hall–Kier alpha value is -2.48. The first kappa shape index (κ1) is 16.0. The molecule has 2 N–H and O–H groups in total. The average Bonchev–Trinajstić information content (AvgIpc) is 3.39. The average molecular weight is 350 g/mol. The number of anilines is 1. The van der Waals surface area contributed by atoms with Crippen LogP contribution >= 0.6 is 0 Å². The van der Waals surface area contributed by atoms with Crippen LogP contribution in [0.15, 0.2) is 17.1 Å². The Balaban J connectivity index is 2.03. The van der Waals surface area contributed by atoms with Gasteiger partial charge in [0.1, 0.15) is 17.1 Å². The Bertz CT molecular complexity index is 967. The number of fused-ring (bicyclic) bond motifs is 1. The van der Waals surface area contributed by atoms with E-state index < -0.39 is 40.7 Å². The van der Waals surface area contributed by atoms with Gasteiger partial charge in [0.15, 0.2) is 5.82 Å². The molecule has 0 amide bonds. The summed E-state index contributed by atoms with van der Waals surface area (Å²) in [7, 11) is 0. The molecule has 1 aliphatic heterocycles. The molecular formula is C17H16F2N2O4. The normalized spacial score (nSPS) is 23.0. The maximum atomic E-state index is 15.2. The molecule has 2 aliphatic rings. The first-order chi connectivity index (χ1) is 11.8. The third-order valence-corrected chi connectivity index (χ3v) is 5.07. The van der Waals surface area contributed by atoms with Crippen LogP contribution in [0.5, 0.6) is 0 Å². The zero-order chi connectivity index (χ0) is 18.0. The molecule has 0 bridgehead atoms. The summed E-state index contributed by atoms with van der Waals surface area (Å²) >= 11 is 0. The number of β-amino-alcohol motifs (C(OH)–C–C–N with tert-alkyl or cyclic N) is 1. The number of nitrogens with zero attached hydrogens (tertiary/aromatic N) is 2. The molecule has 8 heteroatoms. The highest BCUT2D eigenvalue weighted by Crippen LogP contribution is 2.40. The van der Waals surface area contributed by atoms with E-state index >= 15 is 4.39 Å². The summed E-state index contributed by atoms with van der Waals surface area (Å²) in [6.07, 6.45) is 1.95. The van der Waals surface area contributed by atoms with Gasteiger partial charge in [0.2, 0.25) is 5.43 Å². The molecule has 0 radical (unpaired) electrons. The molecule has 1 saturated carbocycles. The van der Waals surface area contributed by atoms with E-state index in [-0.39, 0.29) is 29.2 Å². The summed E-state index contributed by atoms with van der Waals surface area (Å²) in [5.41, 5.74) is -1.77. The molecule has 1 aromatic carbocycles. The van der Waals surface area contributed by atoms with Crippen LogP contribution < -0.4 is 10.3 Å². The molecule has 2 aromatic rings. The molecule has 6 nitrogen and oxygen atoms in total. The van der Waals surface area contributed by atoms with Gasteiger partial charge >= 0.3 is 5.97 Å². The molecule has 2 unspecified atom stereocenters. The highest BCUT2D eigenvalue weighted by atomic mass is 19.1. The van der Waals surface area contributed by atoms with Gasteiger partial charge in [0.25, 0.3) is 0 Å². The molecule has 2 fully saturated rings. The zero-order valence-electron chi connectivity index (χ0n) is 13.4. The fourth-order valence-electron chi connectivity index (χ4n) is 3.37. The monoisotopic (exact) mass is 350 g/mol. The number of halogens is 2. The smallest absolute Gasteiger partial charge is 0.341 e. The third kappa shape index (κ3) is 2.24. The van der Waals surface area contributed by atoms with Crippen molar-refractivity contribution in [2.45, 2.75) is 38.0 Å². The van der Waals surface area contributed by atoms with Crippen LogP contribution in [0.3, 0.4) is 0 Å². The van der Waals surface area contributed by atoms with Crippen LogP contribution in [-0.2, 0) is 0 Å². The number of pyridine rings is 1. The van der Waals surface area contributed by atoms with E-state index in [1.54, 1.807) is 6.92 Å². The topological polar surface area (TPSA) is 82.8 Å². The lowest BCUT2D eigenvalue weighted by molar-refractivity contribution is 0.0694. The van der Waals surface area contributed by atoms with Crippen LogP contribution in [0, 0.1) is 11.6 Å². The van der Waals surface area contributed by atoms with Gasteiger partial charge in [0.05, 0.1) is 23.0 Å². The summed E-state index contributed by atoms with van der Waals surface area (Å²) < 4.78 is 31.2. The second-order valence-electron chi connectivity index (χ2n) is 6.69. The van der Waals surface area contributed by atoms with Crippen LogP contribution in [0.1, 0.15) is 36.2 Å². The van der Waals surface area contributed by atoms with E-state index in [0.717, 1.165) is 25.1 Å². The minimum Gasteiger partial charge on any atom is -0.477 e. The fraction of sp³-hybridized carbons (Fsp3) is 0.412. The number of benzene rings is 1. The van der Waals surface area contributed by atoms with Gasteiger partial charge in [-0.15, -0.1) is 0 Å². The van der Waals surface area contributed by atoms with Crippen molar-refractivity contribution in [2.75, 3.05) is 11.4 Å². The molecular weight excluding hydrogens is 334 g/mol. The number of carboxylic acid groups (broad SMARTS) is 1. The Kier molecular flexibility index (Phi) is 3.37. The molecule has 1 saturated heterocycles. The van der Waals surface area contributed by atoms with Crippen LogP contribution in [0.4, 0.5) is 14.5 Å². The summed E-state index contributed by atoms with van der Waals surface area (Å²) in [4.78, 5) is 25.1. The van der Waals surface area contributed by atoms with Crippen molar-refractivity contribution >= 4 is 22.6 Å². The van der Waals surface area contributed by atoms with E-state index in [1.807, 2.05) is 0 Å². The highest BCUT2D eigenvalue weighted by molar-refractivity contribution is 5.94. The van der Waals surface area contributed by atoms with Gasteiger partial charge < -0.3 is 19.7 Å². The zero-order valence-corrected chi connectivity index (χ0v) is 13.4. The quantitative estimate of drug-likeness (QED) is 0.883. The summed E-state index contributed by atoms with van der Waals surface area (Å²) in [6, 6.07) is 0.355. The van der Waals surface area contributed by atoms with Gasteiger partial charge in [-0.3, -0.25) is 4.79 Å². The molecule has 1 aromatic heterocycles. The van der Waals surface area contributed by atoms with Crippen molar-refractivity contribution in [1.29, 1.82) is 0 Å². The van der Waals surface area contributed by atoms with E-state index in [9.17, 15) is 24.2 Å². The predicted octanol–water partition coefficient (Wildman–Crippen LogP) is 1.88. The molecule has 2 atom stereocenters. The van der Waals surface area contributed by atoms with Crippen LogP contribution in [-0.4, -0.2) is 39.4 Å². The van der Waals surface area contributed by atoms with Gasteiger partial charge in [0, 0.05) is 18.8 Å². The Morgan fingerprint density at radius 2 is 2.00 bits per heavy atom. The van der Waals surface area contributed by atoms with Crippen molar-refractivity contribution in [3.05, 3.63) is 39.7 Å². The van der Waals surface area contributed by atoms with Gasteiger partial charge in [-0.2, -0.15) is 0 Å². The first-order valence-electron chi connectivity index (χ1n) is 8.06. The predicted molar refractivity (Wildman–Crippen MR) is 86.2 cm³/mol. The molecule has 132 valence electrons. The standard InChI is InChI=1S/C17H16F2N2O4/c1-7-12(22)6-20(7)15-11(18)4-9-14(13(15)19)21(8-2-3-8)5-10(16(9)23)17(24)25/h4-5,7-8,12,22H,2-3,6H2,1H3,(H,24,25). The van der Waals surface area contributed by atoms with E-state index in [4.69, 9.17) is 0 Å². The number of carboxylic acids is 1. The minimum absolute atomic E-state index is 0.0810. The number of hydrogen-bond donors (Lipinski definition) is 2. The number of aromatic nitrogens is 1. The molecule has 25 heavy (non-hydrogen) atoms. The number of aliphatic hydroxyl groups is 1. The first-order valence-corrected chi connectivity index (χ1v) is 8.06. The lowest BCUT2D eigenvalue weighted by Crippen LogP contribution is -2.59. The summed E-state index contributed by atoms with van der Waals surface area (Å²) in [6.45, 7) is 1.75. The van der Waals surface area contributed by atoms with Crippen molar-refractivity contribution < 1.29 is 23.8 Å². The van der Waals surface area contributed by atoms with Crippen molar-refractivity contribution in [3.8, 4) is 0 Å². The highest BCUT2D eigenvalue weighted by Gasteiger charge is 2.38. The number of aromatic carboxylic acids is 1. The molecule has 4 rings (SSSR count). The fourth-order valence-corrected chi connectivity index (χ4v) is 3.37. The van der Waals surface area contributed by atoms with E-state index in [2.05, 4.69) is 0 Å². The number of hydrogen-bond acceptors (Lipinski definition) is 4. The van der Waals surface area contributed by atoms with Gasteiger partial charge in [-0.05, 0) is 25.8 Å². The van der Waals surface area contributed by atoms with E-state index in [0.29, 0.717) is 0 Å². The van der Waals surface area contributed by atoms with Gasteiger partial charge in [-0.25, -0.2) is 13.6 Å². The lowest BCUT2D eigenvalue weighted by Gasteiger charge is -2.45. The second kappa shape index (κ2) is 5.26. The molecule has 2 heterocycles. The van der Waals surface area contributed by atoms with Crippen LogP contribution in [0.25, 0.3) is 10.9 Å². The second-order valence-corrected chi connectivity index (χ2v) is 6.69. The van der Waals surface area contributed by atoms with Crippen molar-refractivity contribution in [1.82, 2.24) is 4.57 Å². The Labute approximate surface area is 140 Å². The summed E-state index contributed by atoms with van der Waals surface area (Å²) in [5.74, 6) is -3.26. The SMILES string of the molecule is CC1C(O)CN1c1c(F)cc2c(=O)c(C(=O)O)cn(C3CC3)c2c1F.